The molecule has 18 heavy (non-hydrogen) atoms. The van der Waals surface area contributed by atoms with Gasteiger partial charge in [-0.2, -0.15) is 5.26 Å². The summed E-state index contributed by atoms with van der Waals surface area (Å²) in [4.78, 5) is 15.5. The largest absolute Gasteiger partial charge is 0.447 e. The molecule has 0 spiro atoms. The number of ether oxygens (including phenoxy) is 1. The molecule has 1 heterocycles. The maximum Gasteiger partial charge on any atom is 0.317 e. The fourth-order valence-electron chi connectivity index (χ4n) is 1.29. The summed E-state index contributed by atoms with van der Waals surface area (Å²) in [5.74, 6) is -0.393. The molecule has 0 aliphatic heterocycles. The molecule has 0 aliphatic rings. The number of para-hydroxylation sites is 2. The first kappa shape index (κ1) is 12.5. The second-order valence-corrected chi connectivity index (χ2v) is 4.42. The predicted molar refractivity (Wildman–Crippen MR) is 65.9 cm³/mol. The average Bonchev–Trinajstić information content (AvgIpc) is 2.79. The highest BCUT2D eigenvalue weighted by Crippen LogP contribution is 2.23. The molecule has 6 heteroatoms. The van der Waals surface area contributed by atoms with Crippen molar-refractivity contribution in [2.45, 2.75) is 18.3 Å². The molecule has 0 radical (unpaired) electrons. The van der Waals surface area contributed by atoms with Crippen molar-refractivity contribution in [2.75, 3.05) is 5.75 Å². The molecular weight excluding hydrogens is 252 g/mol. The van der Waals surface area contributed by atoms with Crippen molar-refractivity contribution in [1.82, 2.24) is 4.98 Å². The highest BCUT2D eigenvalue weighted by molar-refractivity contribution is 7.99. The first-order chi connectivity index (χ1) is 8.69. The van der Waals surface area contributed by atoms with Crippen LogP contribution < -0.4 is 0 Å². The van der Waals surface area contributed by atoms with Gasteiger partial charge in [0, 0.05) is 0 Å². The van der Waals surface area contributed by atoms with Gasteiger partial charge in [0.25, 0.3) is 5.22 Å². The Morgan fingerprint density at radius 3 is 3.11 bits per heavy atom. The summed E-state index contributed by atoms with van der Waals surface area (Å²) in [6.07, 6.45) is -0.735. The molecule has 1 atom stereocenters. The van der Waals surface area contributed by atoms with Crippen LogP contribution in [0.5, 0.6) is 0 Å². The van der Waals surface area contributed by atoms with Crippen LogP contribution in [0, 0.1) is 11.3 Å². The first-order valence-electron chi connectivity index (χ1n) is 5.26. The van der Waals surface area contributed by atoms with Crippen molar-refractivity contribution in [3.63, 3.8) is 0 Å². The van der Waals surface area contributed by atoms with E-state index >= 15 is 0 Å². The minimum Gasteiger partial charge on any atom is -0.447 e. The van der Waals surface area contributed by atoms with E-state index in [0.29, 0.717) is 10.8 Å². The number of oxazole rings is 1. The maximum absolute atomic E-state index is 11.3. The SMILES string of the molecule is C[C@H](C#N)OC(=O)CSc1nc2ccccc2o1. The van der Waals surface area contributed by atoms with E-state index in [1.165, 1.54) is 6.92 Å². The van der Waals surface area contributed by atoms with E-state index in [9.17, 15) is 4.79 Å². The standard InChI is InChI=1S/C12H10N2O3S/c1-8(6-13)16-11(15)7-18-12-14-9-4-2-3-5-10(9)17-12/h2-5,8H,7H2,1H3/t8-/m1/s1. The predicted octanol–water partition coefficient (Wildman–Crippen LogP) is 2.38. The molecule has 92 valence electrons. The Morgan fingerprint density at radius 1 is 1.61 bits per heavy atom. The van der Waals surface area contributed by atoms with E-state index in [4.69, 9.17) is 14.4 Å². The number of benzene rings is 1. The first-order valence-corrected chi connectivity index (χ1v) is 6.25. The number of fused-ring (bicyclic) bond motifs is 1. The van der Waals surface area contributed by atoms with Crippen LogP contribution in [0.15, 0.2) is 33.9 Å². The highest BCUT2D eigenvalue weighted by atomic mass is 32.2. The summed E-state index contributed by atoms with van der Waals surface area (Å²) in [7, 11) is 0. The normalized spacial score (nSPS) is 12.0. The summed E-state index contributed by atoms with van der Waals surface area (Å²) < 4.78 is 10.2. The van der Waals surface area contributed by atoms with Gasteiger partial charge in [0.1, 0.15) is 17.3 Å². The molecule has 2 rings (SSSR count). The van der Waals surface area contributed by atoms with Crippen molar-refractivity contribution in [1.29, 1.82) is 5.26 Å². The monoisotopic (exact) mass is 262 g/mol. The molecule has 0 bridgehead atoms. The molecule has 0 fully saturated rings. The van der Waals surface area contributed by atoms with Crippen LogP contribution in [0.2, 0.25) is 0 Å². The number of aromatic nitrogens is 1. The third-order valence-corrected chi connectivity index (χ3v) is 2.88. The second-order valence-electron chi connectivity index (χ2n) is 3.50. The lowest BCUT2D eigenvalue weighted by atomic mass is 10.3. The fraction of sp³-hybridized carbons (Fsp3) is 0.250. The zero-order valence-corrected chi connectivity index (χ0v) is 10.4. The average molecular weight is 262 g/mol. The number of esters is 1. The van der Waals surface area contributed by atoms with E-state index in [2.05, 4.69) is 4.98 Å². The van der Waals surface area contributed by atoms with E-state index < -0.39 is 12.1 Å². The molecule has 0 amide bonds. The number of thioether (sulfide) groups is 1. The molecule has 0 saturated heterocycles. The summed E-state index contributed by atoms with van der Waals surface area (Å²) >= 11 is 1.15. The van der Waals surface area contributed by atoms with Gasteiger partial charge in [-0.25, -0.2) is 4.98 Å². The van der Waals surface area contributed by atoms with Gasteiger partial charge in [0.2, 0.25) is 0 Å². The Morgan fingerprint density at radius 2 is 2.39 bits per heavy atom. The van der Waals surface area contributed by atoms with Crippen LogP contribution in [-0.2, 0) is 9.53 Å². The lowest BCUT2D eigenvalue weighted by Crippen LogP contribution is -2.14. The van der Waals surface area contributed by atoms with Gasteiger partial charge in [0.05, 0.1) is 0 Å². The number of rotatable bonds is 4. The van der Waals surface area contributed by atoms with Crippen molar-refractivity contribution < 1.29 is 13.9 Å². The Labute approximate surface area is 108 Å². The lowest BCUT2D eigenvalue weighted by Gasteiger charge is -2.03. The quantitative estimate of drug-likeness (QED) is 0.622. The number of carbonyl (C=O) groups is 1. The Balaban J connectivity index is 1.94. The topological polar surface area (TPSA) is 76.1 Å². The molecule has 2 aromatic rings. The molecule has 0 saturated carbocycles. The lowest BCUT2D eigenvalue weighted by molar-refractivity contribution is -0.142. The molecular formula is C12H10N2O3S. The van der Waals surface area contributed by atoms with E-state index in [1.807, 2.05) is 30.3 Å². The van der Waals surface area contributed by atoms with Crippen LogP contribution in [0.25, 0.3) is 11.1 Å². The number of nitriles is 1. The molecule has 1 aromatic heterocycles. The summed E-state index contributed by atoms with van der Waals surface area (Å²) in [5.41, 5.74) is 1.43. The van der Waals surface area contributed by atoms with Gasteiger partial charge in [-0.3, -0.25) is 4.79 Å². The Kier molecular flexibility index (Phi) is 3.85. The minimum atomic E-state index is -0.735. The second kappa shape index (κ2) is 5.56. The van der Waals surface area contributed by atoms with Crippen molar-refractivity contribution in [2.24, 2.45) is 0 Å². The number of hydrogen-bond donors (Lipinski definition) is 0. The van der Waals surface area contributed by atoms with Crippen LogP contribution >= 0.6 is 11.8 Å². The van der Waals surface area contributed by atoms with Crippen LogP contribution in [0.1, 0.15) is 6.92 Å². The third-order valence-electron chi connectivity index (χ3n) is 2.08. The Bertz CT molecular complexity index is 570. The molecule has 0 N–H and O–H groups in total. The third kappa shape index (κ3) is 3.02. The molecule has 0 aliphatic carbocycles. The van der Waals surface area contributed by atoms with Crippen molar-refractivity contribution in [3.8, 4) is 6.07 Å². The van der Waals surface area contributed by atoms with Gasteiger partial charge >= 0.3 is 5.97 Å². The van der Waals surface area contributed by atoms with E-state index in [0.717, 1.165) is 17.3 Å². The highest BCUT2D eigenvalue weighted by Gasteiger charge is 2.12. The van der Waals surface area contributed by atoms with Gasteiger partial charge in [0.15, 0.2) is 11.7 Å². The molecule has 5 nitrogen and oxygen atoms in total. The summed E-state index contributed by atoms with van der Waals surface area (Å²) in [6.45, 7) is 1.52. The molecule has 0 unspecified atom stereocenters. The Hall–Kier alpha value is -2.00. The van der Waals surface area contributed by atoms with E-state index in [-0.39, 0.29) is 5.75 Å². The van der Waals surface area contributed by atoms with Gasteiger partial charge < -0.3 is 9.15 Å². The number of carbonyl (C=O) groups excluding carboxylic acids is 1. The van der Waals surface area contributed by atoms with Gasteiger partial charge in [-0.15, -0.1) is 0 Å². The van der Waals surface area contributed by atoms with Crippen LogP contribution in [0.3, 0.4) is 0 Å². The summed E-state index contributed by atoms with van der Waals surface area (Å²) in [6, 6.07) is 9.18. The van der Waals surface area contributed by atoms with E-state index in [1.54, 1.807) is 0 Å². The van der Waals surface area contributed by atoms with Crippen molar-refractivity contribution in [3.05, 3.63) is 24.3 Å². The van der Waals surface area contributed by atoms with Gasteiger partial charge in [-0.1, -0.05) is 23.9 Å². The smallest absolute Gasteiger partial charge is 0.317 e. The number of nitrogens with zero attached hydrogens (tertiary/aromatic N) is 2. The minimum absolute atomic E-state index is 0.0683. The molecule has 1 aromatic carbocycles. The number of hydrogen-bond acceptors (Lipinski definition) is 6. The van der Waals surface area contributed by atoms with Crippen molar-refractivity contribution >= 4 is 28.8 Å². The fourth-order valence-corrected chi connectivity index (χ4v) is 1.91. The zero-order valence-electron chi connectivity index (χ0n) is 9.62. The van der Waals surface area contributed by atoms with Crippen LogP contribution in [-0.4, -0.2) is 22.8 Å². The van der Waals surface area contributed by atoms with Crippen LogP contribution in [0.4, 0.5) is 0 Å². The summed E-state index contributed by atoms with van der Waals surface area (Å²) in [5, 5.41) is 8.91. The maximum atomic E-state index is 11.3. The zero-order chi connectivity index (χ0) is 13.0. The van der Waals surface area contributed by atoms with Gasteiger partial charge in [-0.05, 0) is 19.1 Å².